The molecular weight excluding hydrogens is 296 g/mol. The highest BCUT2D eigenvalue weighted by Crippen LogP contribution is 2.23. The van der Waals surface area contributed by atoms with Gasteiger partial charge in [0.15, 0.2) is 6.04 Å². The van der Waals surface area contributed by atoms with Crippen LogP contribution in [-0.4, -0.2) is 21.3 Å². The molecule has 0 aliphatic heterocycles. The smallest absolute Gasteiger partial charge is 0.330 e. The van der Waals surface area contributed by atoms with Gasteiger partial charge in [0.25, 0.3) is 0 Å². The maximum absolute atomic E-state index is 11.6. The summed E-state index contributed by atoms with van der Waals surface area (Å²) < 4.78 is 0. The predicted molar refractivity (Wildman–Crippen MR) is 83.4 cm³/mol. The molecule has 0 aliphatic rings. The third-order valence-corrected chi connectivity index (χ3v) is 3.35. The predicted octanol–water partition coefficient (Wildman–Crippen LogP) is 1.78. The van der Waals surface area contributed by atoms with Gasteiger partial charge in [0.05, 0.1) is 24.8 Å². The summed E-state index contributed by atoms with van der Waals surface area (Å²) in [6.07, 6.45) is 0. The second kappa shape index (κ2) is 7.40. The SMILES string of the molecule is N#Cc1ccc(NC(C(=O)O)c2cc(CO)cc(CO)c2)cc1. The van der Waals surface area contributed by atoms with Gasteiger partial charge in [-0.25, -0.2) is 4.79 Å². The Hall–Kier alpha value is -2.88. The van der Waals surface area contributed by atoms with E-state index in [-0.39, 0.29) is 13.2 Å². The molecule has 0 fully saturated rings. The summed E-state index contributed by atoms with van der Waals surface area (Å²) in [5, 5.41) is 39.7. The van der Waals surface area contributed by atoms with Gasteiger partial charge in [-0.1, -0.05) is 18.2 Å². The minimum Gasteiger partial charge on any atom is -0.479 e. The van der Waals surface area contributed by atoms with Crippen molar-refractivity contribution in [1.82, 2.24) is 0 Å². The van der Waals surface area contributed by atoms with Gasteiger partial charge in [0.1, 0.15) is 0 Å². The van der Waals surface area contributed by atoms with Crippen LogP contribution in [0.3, 0.4) is 0 Å². The second-order valence-electron chi connectivity index (χ2n) is 5.00. The Kier molecular flexibility index (Phi) is 5.31. The molecule has 4 N–H and O–H groups in total. The zero-order valence-corrected chi connectivity index (χ0v) is 12.2. The highest BCUT2D eigenvalue weighted by Gasteiger charge is 2.20. The van der Waals surface area contributed by atoms with Gasteiger partial charge in [-0.15, -0.1) is 0 Å². The van der Waals surface area contributed by atoms with Crippen molar-refractivity contribution in [3.8, 4) is 6.07 Å². The van der Waals surface area contributed by atoms with Crippen molar-refractivity contribution in [3.05, 3.63) is 64.7 Å². The van der Waals surface area contributed by atoms with Crippen LogP contribution in [0.5, 0.6) is 0 Å². The molecular formula is C17H16N2O4. The molecule has 0 radical (unpaired) electrons. The van der Waals surface area contributed by atoms with Crippen LogP contribution in [0.1, 0.15) is 28.3 Å². The molecule has 0 bridgehead atoms. The van der Waals surface area contributed by atoms with Crippen LogP contribution in [0.2, 0.25) is 0 Å². The molecule has 118 valence electrons. The van der Waals surface area contributed by atoms with Gasteiger partial charge in [-0.05, 0) is 41.0 Å². The minimum atomic E-state index is -1.09. The number of aliphatic hydroxyl groups is 2. The van der Waals surface area contributed by atoms with E-state index in [1.54, 1.807) is 42.5 Å². The molecule has 0 amide bonds. The first-order valence-corrected chi connectivity index (χ1v) is 6.91. The monoisotopic (exact) mass is 312 g/mol. The summed E-state index contributed by atoms with van der Waals surface area (Å²) in [5.41, 5.74) is 2.51. The van der Waals surface area contributed by atoms with Crippen molar-refractivity contribution in [3.63, 3.8) is 0 Å². The maximum atomic E-state index is 11.6. The van der Waals surface area contributed by atoms with Crippen molar-refractivity contribution >= 4 is 11.7 Å². The molecule has 2 aromatic rings. The van der Waals surface area contributed by atoms with Crippen LogP contribution >= 0.6 is 0 Å². The fraction of sp³-hybridized carbons (Fsp3) is 0.176. The molecule has 0 aromatic heterocycles. The summed E-state index contributed by atoms with van der Waals surface area (Å²) in [6.45, 7) is -0.492. The number of benzene rings is 2. The molecule has 0 spiro atoms. The quantitative estimate of drug-likeness (QED) is 0.646. The number of hydrogen-bond donors (Lipinski definition) is 4. The van der Waals surface area contributed by atoms with Gasteiger partial charge in [0.2, 0.25) is 0 Å². The van der Waals surface area contributed by atoms with Gasteiger partial charge in [0, 0.05) is 5.69 Å². The van der Waals surface area contributed by atoms with E-state index >= 15 is 0 Å². The largest absolute Gasteiger partial charge is 0.479 e. The number of carbonyl (C=O) groups is 1. The normalized spacial score (nSPS) is 11.5. The molecule has 1 unspecified atom stereocenters. The van der Waals surface area contributed by atoms with Crippen LogP contribution < -0.4 is 5.32 Å². The van der Waals surface area contributed by atoms with E-state index in [1.807, 2.05) is 6.07 Å². The highest BCUT2D eigenvalue weighted by atomic mass is 16.4. The van der Waals surface area contributed by atoms with E-state index in [0.717, 1.165) is 0 Å². The summed E-state index contributed by atoms with van der Waals surface area (Å²) >= 11 is 0. The molecule has 2 rings (SSSR count). The van der Waals surface area contributed by atoms with Crippen molar-refractivity contribution < 1.29 is 20.1 Å². The molecule has 0 saturated carbocycles. The first kappa shape index (κ1) is 16.5. The lowest BCUT2D eigenvalue weighted by atomic mass is 10.00. The summed E-state index contributed by atoms with van der Waals surface area (Å²) in [6, 6.07) is 12.1. The number of nitrogens with one attached hydrogen (secondary N) is 1. The first-order chi connectivity index (χ1) is 11.1. The molecule has 0 aliphatic carbocycles. The molecule has 6 heteroatoms. The number of carboxylic acid groups (broad SMARTS) is 1. The Balaban J connectivity index is 2.34. The Labute approximate surface area is 133 Å². The van der Waals surface area contributed by atoms with Crippen LogP contribution in [0.4, 0.5) is 5.69 Å². The average molecular weight is 312 g/mol. The Morgan fingerprint density at radius 3 is 2.09 bits per heavy atom. The Morgan fingerprint density at radius 1 is 1.09 bits per heavy atom. The molecule has 2 aromatic carbocycles. The van der Waals surface area contributed by atoms with E-state index in [1.165, 1.54) is 0 Å². The molecule has 6 nitrogen and oxygen atoms in total. The van der Waals surface area contributed by atoms with Gasteiger partial charge >= 0.3 is 5.97 Å². The fourth-order valence-corrected chi connectivity index (χ4v) is 2.24. The topological polar surface area (TPSA) is 114 Å². The van der Waals surface area contributed by atoms with Crippen molar-refractivity contribution in [1.29, 1.82) is 5.26 Å². The number of hydrogen-bond acceptors (Lipinski definition) is 5. The first-order valence-electron chi connectivity index (χ1n) is 6.91. The number of nitrogens with zero attached hydrogens (tertiary/aromatic N) is 1. The van der Waals surface area contributed by atoms with E-state index in [2.05, 4.69) is 5.32 Å². The van der Waals surface area contributed by atoms with Gasteiger partial charge < -0.3 is 20.6 Å². The van der Waals surface area contributed by atoms with Crippen LogP contribution in [0.15, 0.2) is 42.5 Å². The molecule has 1 atom stereocenters. The lowest BCUT2D eigenvalue weighted by molar-refractivity contribution is -0.138. The summed E-state index contributed by atoms with van der Waals surface area (Å²) in [5.74, 6) is -1.09. The van der Waals surface area contributed by atoms with E-state index in [4.69, 9.17) is 5.26 Å². The van der Waals surface area contributed by atoms with Crippen LogP contribution in [-0.2, 0) is 18.0 Å². The van der Waals surface area contributed by atoms with Gasteiger partial charge in [-0.2, -0.15) is 5.26 Å². The molecule has 23 heavy (non-hydrogen) atoms. The van der Waals surface area contributed by atoms with E-state index < -0.39 is 12.0 Å². The fourth-order valence-electron chi connectivity index (χ4n) is 2.24. The molecule has 0 saturated heterocycles. The number of aliphatic carboxylic acids is 1. The standard InChI is InChI=1S/C17H16N2O4/c18-8-11-1-3-15(4-2-11)19-16(17(22)23)14-6-12(9-20)5-13(7-14)10-21/h1-7,16,19-21H,9-10H2,(H,22,23). The number of nitriles is 1. The van der Waals surface area contributed by atoms with Crippen molar-refractivity contribution in [2.24, 2.45) is 0 Å². The Morgan fingerprint density at radius 2 is 1.65 bits per heavy atom. The summed E-state index contributed by atoms with van der Waals surface area (Å²) in [4.78, 5) is 11.6. The van der Waals surface area contributed by atoms with E-state index in [0.29, 0.717) is 27.9 Å². The Bertz CT molecular complexity index is 713. The number of anilines is 1. The average Bonchev–Trinajstić information content (AvgIpc) is 2.59. The van der Waals surface area contributed by atoms with E-state index in [9.17, 15) is 20.1 Å². The lowest BCUT2D eigenvalue weighted by Gasteiger charge is -2.18. The zero-order chi connectivity index (χ0) is 16.8. The van der Waals surface area contributed by atoms with Crippen molar-refractivity contribution in [2.45, 2.75) is 19.3 Å². The van der Waals surface area contributed by atoms with Crippen LogP contribution in [0, 0.1) is 11.3 Å². The maximum Gasteiger partial charge on any atom is 0.330 e. The van der Waals surface area contributed by atoms with Crippen LogP contribution in [0.25, 0.3) is 0 Å². The number of rotatable bonds is 6. The highest BCUT2D eigenvalue weighted by molar-refractivity contribution is 5.79. The second-order valence-corrected chi connectivity index (χ2v) is 5.00. The third kappa shape index (κ3) is 4.07. The zero-order valence-electron chi connectivity index (χ0n) is 12.2. The lowest BCUT2D eigenvalue weighted by Crippen LogP contribution is -2.21. The minimum absolute atomic E-state index is 0.246. The number of carboxylic acids is 1. The third-order valence-electron chi connectivity index (χ3n) is 3.35. The van der Waals surface area contributed by atoms with Gasteiger partial charge in [-0.3, -0.25) is 0 Å². The number of aliphatic hydroxyl groups excluding tert-OH is 2. The molecule has 0 heterocycles. The summed E-state index contributed by atoms with van der Waals surface area (Å²) in [7, 11) is 0. The van der Waals surface area contributed by atoms with Crippen molar-refractivity contribution in [2.75, 3.05) is 5.32 Å².